The van der Waals surface area contributed by atoms with Gasteiger partial charge in [-0.3, -0.25) is 0 Å². The highest BCUT2D eigenvalue weighted by Crippen LogP contribution is 2.30. The number of aliphatic hydroxyl groups is 1. The summed E-state index contributed by atoms with van der Waals surface area (Å²) in [5, 5.41) is 9.48. The van der Waals surface area contributed by atoms with Crippen molar-refractivity contribution < 1.29 is 9.84 Å². The number of aryl methyl sites for hydroxylation is 1. The SMILES string of the molecule is COc1cc(C)c(CC(CO)C(C)C)c(C)c1C. The molecule has 1 aromatic carbocycles. The lowest BCUT2D eigenvalue weighted by Crippen LogP contribution is -2.18. The molecule has 0 aliphatic heterocycles. The van der Waals surface area contributed by atoms with Crippen LogP contribution in [0.2, 0.25) is 0 Å². The van der Waals surface area contributed by atoms with Crippen molar-refractivity contribution in [3.05, 3.63) is 28.3 Å². The second-order valence-electron chi connectivity index (χ2n) is 5.52. The molecular formula is C16H26O2. The average molecular weight is 250 g/mol. The highest BCUT2D eigenvalue weighted by Gasteiger charge is 2.17. The minimum absolute atomic E-state index is 0.252. The number of aliphatic hydroxyl groups excluding tert-OH is 1. The van der Waals surface area contributed by atoms with Crippen molar-refractivity contribution in [2.75, 3.05) is 13.7 Å². The Hall–Kier alpha value is -1.02. The molecule has 0 amide bonds. The maximum atomic E-state index is 9.48. The van der Waals surface area contributed by atoms with Gasteiger partial charge in [-0.2, -0.15) is 0 Å². The number of benzene rings is 1. The van der Waals surface area contributed by atoms with Gasteiger partial charge >= 0.3 is 0 Å². The first-order chi connectivity index (χ1) is 8.42. The second kappa shape index (κ2) is 6.24. The monoisotopic (exact) mass is 250 g/mol. The molecule has 0 fully saturated rings. The van der Waals surface area contributed by atoms with Gasteiger partial charge in [-0.25, -0.2) is 0 Å². The summed E-state index contributed by atoms with van der Waals surface area (Å²) in [6.07, 6.45) is 0.941. The maximum Gasteiger partial charge on any atom is 0.122 e. The molecule has 0 aromatic heterocycles. The molecule has 18 heavy (non-hydrogen) atoms. The molecule has 1 aromatic rings. The summed E-state index contributed by atoms with van der Waals surface area (Å²) in [6.45, 7) is 11.0. The van der Waals surface area contributed by atoms with E-state index in [2.05, 4.69) is 40.7 Å². The van der Waals surface area contributed by atoms with Crippen LogP contribution >= 0.6 is 0 Å². The lowest BCUT2D eigenvalue weighted by molar-refractivity contribution is 0.189. The Morgan fingerprint density at radius 3 is 2.22 bits per heavy atom. The normalized spacial score (nSPS) is 12.9. The molecule has 0 bridgehead atoms. The Labute approximate surface area is 111 Å². The molecule has 0 aliphatic carbocycles. The maximum absolute atomic E-state index is 9.48. The largest absolute Gasteiger partial charge is 0.496 e. The number of hydrogen-bond donors (Lipinski definition) is 1. The zero-order valence-corrected chi connectivity index (χ0v) is 12.5. The van der Waals surface area contributed by atoms with Gasteiger partial charge in [0.2, 0.25) is 0 Å². The topological polar surface area (TPSA) is 29.5 Å². The summed E-state index contributed by atoms with van der Waals surface area (Å²) in [5.41, 5.74) is 5.12. The van der Waals surface area contributed by atoms with Gasteiger partial charge in [-0.15, -0.1) is 0 Å². The van der Waals surface area contributed by atoms with Crippen LogP contribution in [0.4, 0.5) is 0 Å². The van der Waals surface area contributed by atoms with Gasteiger partial charge in [0.15, 0.2) is 0 Å². The van der Waals surface area contributed by atoms with Gasteiger partial charge in [-0.1, -0.05) is 13.8 Å². The van der Waals surface area contributed by atoms with E-state index in [1.807, 2.05) is 0 Å². The van der Waals surface area contributed by atoms with E-state index in [9.17, 15) is 5.11 Å². The number of hydrogen-bond acceptors (Lipinski definition) is 2. The summed E-state index contributed by atoms with van der Waals surface area (Å²) in [5.74, 6) is 1.78. The smallest absolute Gasteiger partial charge is 0.122 e. The highest BCUT2D eigenvalue weighted by molar-refractivity contribution is 5.48. The fourth-order valence-corrected chi connectivity index (χ4v) is 2.40. The Morgan fingerprint density at radius 2 is 1.78 bits per heavy atom. The number of rotatable bonds is 5. The van der Waals surface area contributed by atoms with E-state index < -0.39 is 0 Å². The molecule has 0 heterocycles. The van der Waals surface area contributed by atoms with Crippen molar-refractivity contribution >= 4 is 0 Å². The first kappa shape index (κ1) is 15.0. The van der Waals surface area contributed by atoms with Crippen LogP contribution in [0.5, 0.6) is 5.75 Å². The van der Waals surface area contributed by atoms with Gasteiger partial charge in [0.1, 0.15) is 5.75 Å². The summed E-state index contributed by atoms with van der Waals surface area (Å²) in [7, 11) is 1.71. The molecule has 1 N–H and O–H groups in total. The van der Waals surface area contributed by atoms with E-state index in [4.69, 9.17) is 4.74 Å². The second-order valence-corrected chi connectivity index (χ2v) is 5.52. The fourth-order valence-electron chi connectivity index (χ4n) is 2.40. The molecule has 2 nitrogen and oxygen atoms in total. The Morgan fingerprint density at radius 1 is 1.17 bits per heavy atom. The van der Waals surface area contributed by atoms with Crippen LogP contribution in [-0.4, -0.2) is 18.8 Å². The quantitative estimate of drug-likeness (QED) is 0.867. The predicted molar refractivity (Wildman–Crippen MR) is 76.3 cm³/mol. The van der Waals surface area contributed by atoms with Crippen molar-refractivity contribution in [1.29, 1.82) is 0 Å². The van der Waals surface area contributed by atoms with E-state index in [0.29, 0.717) is 11.8 Å². The lowest BCUT2D eigenvalue weighted by atomic mass is 9.85. The van der Waals surface area contributed by atoms with E-state index in [1.165, 1.54) is 22.3 Å². The molecule has 1 unspecified atom stereocenters. The van der Waals surface area contributed by atoms with Gasteiger partial charge in [0, 0.05) is 6.61 Å². The minimum atomic E-state index is 0.252. The van der Waals surface area contributed by atoms with Crippen molar-refractivity contribution in [3.63, 3.8) is 0 Å². The van der Waals surface area contributed by atoms with Gasteiger partial charge in [0.25, 0.3) is 0 Å². The molecule has 0 saturated heterocycles. The summed E-state index contributed by atoms with van der Waals surface area (Å²) >= 11 is 0. The van der Waals surface area contributed by atoms with Gasteiger partial charge in [-0.05, 0) is 67.3 Å². The highest BCUT2D eigenvalue weighted by atomic mass is 16.5. The van der Waals surface area contributed by atoms with Crippen LogP contribution in [0.25, 0.3) is 0 Å². The van der Waals surface area contributed by atoms with Crippen LogP contribution in [0.1, 0.15) is 36.1 Å². The summed E-state index contributed by atoms with van der Waals surface area (Å²) < 4.78 is 5.39. The van der Waals surface area contributed by atoms with Gasteiger partial charge < -0.3 is 9.84 Å². The average Bonchev–Trinajstić information content (AvgIpc) is 2.33. The molecular weight excluding hydrogens is 224 g/mol. The van der Waals surface area contributed by atoms with Gasteiger partial charge in [0.05, 0.1) is 7.11 Å². The molecule has 2 heteroatoms. The van der Waals surface area contributed by atoms with Crippen LogP contribution in [0.15, 0.2) is 6.07 Å². The summed E-state index contributed by atoms with van der Waals surface area (Å²) in [6, 6.07) is 2.10. The fraction of sp³-hybridized carbons (Fsp3) is 0.625. The van der Waals surface area contributed by atoms with E-state index in [0.717, 1.165) is 12.2 Å². The van der Waals surface area contributed by atoms with E-state index in [-0.39, 0.29) is 6.61 Å². The Kier molecular flexibility index (Phi) is 5.21. The zero-order chi connectivity index (χ0) is 13.9. The number of ether oxygens (including phenoxy) is 1. The molecule has 0 spiro atoms. The summed E-state index contributed by atoms with van der Waals surface area (Å²) in [4.78, 5) is 0. The first-order valence-corrected chi connectivity index (χ1v) is 6.66. The number of methoxy groups -OCH3 is 1. The van der Waals surface area contributed by atoms with Crippen molar-refractivity contribution in [3.8, 4) is 5.75 Å². The standard InChI is InChI=1S/C16H26O2/c1-10(2)14(9-17)8-15-11(3)7-16(18-6)13(5)12(15)4/h7,10,14,17H,8-9H2,1-6H3. The van der Waals surface area contributed by atoms with Crippen LogP contribution in [0, 0.1) is 32.6 Å². The molecule has 102 valence electrons. The van der Waals surface area contributed by atoms with Crippen LogP contribution in [0.3, 0.4) is 0 Å². The third-order valence-electron chi connectivity index (χ3n) is 4.07. The molecule has 1 atom stereocenters. The first-order valence-electron chi connectivity index (χ1n) is 6.66. The van der Waals surface area contributed by atoms with E-state index >= 15 is 0 Å². The van der Waals surface area contributed by atoms with Crippen molar-refractivity contribution in [2.24, 2.45) is 11.8 Å². The van der Waals surface area contributed by atoms with Crippen LogP contribution in [-0.2, 0) is 6.42 Å². The predicted octanol–water partition coefficient (Wildman–Crippen LogP) is 3.43. The zero-order valence-electron chi connectivity index (χ0n) is 12.5. The van der Waals surface area contributed by atoms with Crippen molar-refractivity contribution in [1.82, 2.24) is 0 Å². The van der Waals surface area contributed by atoms with Crippen molar-refractivity contribution in [2.45, 2.75) is 41.0 Å². The lowest BCUT2D eigenvalue weighted by Gasteiger charge is -2.22. The molecule has 0 radical (unpaired) electrons. The molecule has 0 saturated carbocycles. The Bertz CT molecular complexity index is 408. The third-order valence-corrected chi connectivity index (χ3v) is 4.07. The van der Waals surface area contributed by atoms with Crippen LogP contribution < -0.4 is 4.74 Å². The Balaban J connectivity index is 3.13. The molecule has 0 aliphatic rings. The third kappa shape index (κ3) is 3.05. The van der Waals surface area contributed by atoms with E-state index in [1.54, 1.807) is 7.11 Å². The molecule has 1 rings (SSSR count). The minimum Gasteiger partial charge on any atom is -0.496 e.